The third-order valence-corrected chi connectivity index (χ3v) is 3.91. The lowest BCUT2D eigenvalue weighted by Gasteiger charge is -2.11. The van der Waals surface area contributed by atoms with Crippen molar-refractivity contribution in [1.29, 1.82) is 0 Å². The van der Waals surface area contributed by atoms with Crippen molar-refractivity contribution in [2.24, 2.45) is 0 Å². The molecule has 0 heterocycles. The Balaban J connectivity index is 0.00000128. The van der Waals surface area contributed by atoms with Crippen LogP contribution >= 0.6 is 28.3 Å². The summed E-state index contributed by atoms with van der Waals surface area (Å²) in [5, 5.41) is 3.64. The summed E-state index contributed by atoms with van der Waals surface area (Å²) in [5.74, 6) is 0. The molecule has 1 aromatic rings. The molecule has 0 bridgehead atoms. The average molecular weight is 305 g/mol. The van der Waals surface area contributed by atoms with Crippen molar-refractivity contribution in [3.63, 3.8) is 0 Å². The molecule has 16 heavy (non-hydrogen) atoms. The third-order valence-electron chi connectivity index (χ3n) is 3.14. The van der Waals surface area contributed by atoms with Gasteiger partial charge in [0.15, 0.2) is 0 Å². The van der Waals surface area contributed by atoms with Crippen LogP contribution in [0.2, 0.25) is 0 Å². The molecular weight excluding hydrogens is 286 g/mol. The highest BCUT2D eigenvalue weighted by molar-refractivity contribution is 9.10. The van der Waals surface area contributed by atoms with Gasteiger partial charge in [-0.1, -0.05) is 47.0 Å². The minimum atomic E-state index is 0. The van der Waals surface area contributed by atoms with Gasteiger partial charge in [-0.2, -0.15) is 0 Å². The van der Waals surface area contributed by atoms with E-state index in [0.29, 0.717) is 0 Å². The molecule has 1 aliphatic rings. The van der Waals surface area contributed by atoms with Crippen LogP contribution in [0.5, 0.6) is 0 Å². The summed E-state index contributed by atoms with van der Waals surface area (Å²) < 4.78 is 1.23. The predicted octanol–water partition coefficient (Wildman–Crippen LogP) is 3.95. The molecule has 0 radical (unpaired) electrons. The van der Waals surface area contributed by atoms with E-state index in [-0.39, 0.29) is 12.4 Å². The van der Waals surface area contributed by atoms with Crippen molar-refractivity contribution in [3.05, 3.63) is 34.3 Å². The molecule has 2 rings (SSSR count). The van der Waals surface area contributed by atoms with Crippen LogP contribution in [-0.2, 0) is 6.42 Å². The highest BCUT2D eigenvalue weighted by Gasteiger charge is 2.13. The van der Waals surface area contributed by atoms with Crippen LogP contribution in [0.4, 0.5) is 0 Å². The summed E-state index contributed by atoms with van der Waals surface area (Å²) in [5.41, 5.74) is 1.41. The predicted molar refractivity (Wildman–Crippen MR) is 75.4 cm³/mol. The zero-order valence-corrected chi connectivity index (χ0v) is 11.8. The van der Waals surface area contributed by atoms with Gasteiger partial charge < -0.3 is 5.32 Å². The van der Waals surface area contributed by atoms with E-state index >= 15 is 0 Å². The summed E-state index contributed by atoms with van der Waals surface area (Å²) in [6.45, 7) is 1.10. The number of benzene rings is 1. The maximum absolute atomic E-state index is 3.64. The lowest BCUT2D eigenvalue weighted by Crippen LogP contribution is -2.28. The summed E-state index contributed by atoms with van der Waals surface area (Å²) >= 11 is 3.58. The molecule has 0 amide bonds. The smallest absolute Gasteiger partial charge is 0.0207 e. The van der Waals surface area contributed by atoms with E-state index in [2.05, 4.69) is 45.5 Å². The van der Waals surface area contributed by atoms with E-state index in [1.54, 1.807) is 0 Å². The molecule has 90 valence electrons. The fourth-order valence-electron chi connectivity index (χ4n) is 2.24. The van der Waals surface area contributed by atoms with Gasteiger partial charge in [-0.3, -0.25) is 0 Å². The summed E-state index contributed by atoms with van der Waals surface area (Å²) in [6.07, 6.45) is 6.68. The molecule has 0 atom stereocenters. The van der Waals surface area contributed by atoms with Crippen LogP contribution < -0.4 is 5.32 Å². The average Bonchev–Trinajstić information content (AvgIpc) is 2.74. The van der Waals surface area contributed by atoms with Gasteiger partial charge in [-0.05, 0) is 37.4 Å². The molecule has 0 saturated heterocycles. The molecular formula is C13H19BrClN. The Hall–Kier alpha value is -0.0500. The standard InChI is InChI=1S/C13H18BrN.ClH/c14-13-8-4-1-5-11(13)9-10-15-12-6-2-3-7-12;/h1,4-5,8,12,15H,2-3,6-7,9-10H2;1H. The molecule has 3 heteroatoms. The fourth-order valence-corrected chi connectivity index (χ4v) is 2.73. The van der Waals surface area contributed by atoms with E-state index < -0.39 is 0 Å². The summed E-state index contributed by atoms with van der Waals surface area (Å²) in [6, 6.07) is 9.27. The number of hydrogen-bond acceptors (Lipinski definition) is 1. The van der Waals surface area contributed by atoms with Crippen molar-refractivity contribution in [1.82, 2.24) is 5.32 Å². The number of halogens is 2. The molecule has 1 fully saturated rings. The van der Waals surface area contributed by atoms with Crippen LogP contribution in [0.25, 0.3) is 0 Å². The summed E-state index contributed by atoms with van der Waals surface area (Å²) in [7, 11) is 0. The highest BCUT2D eigenvalue weighted by Crippen LogP contribution is 2.18. The third kappa shape index (κ3) is 4.08. The molecule has 1 aliphatic carbocycles. The van der Waals surface area contributed by atoms with Gasteiger partial charge in [0.25, 0.3) is 0 Å². The Morgan fingerprint density at radius 2 is 1.88 bits per heavy atom. The van der Waals surface area contributed by atoms with Gasteiger partial charge in [0.05, 0.1) is 0 Å². The zero-order valence-electron chi connectivity index (χ0n) is 9.42. The van der Waals surface area contributed by atoms with E-state index in [0.717, 1.165) is 19.0 Å². The van der Waals surface area contributed by atoms with Crippen LogP contribution in [0.1, 0.15) is 31.2 Å². The van der Waals surface area contributed by atoms with Crippen molar-refractivity contribution in [2.75, 3.05) is 6.54 Å². The lowest BCUT2D eigenvalue weighted by molar-refractivity contribution is 0.527. The molecule has 1 nitrogen and oxygen atoms in total. The van der Waals surface area contributed by atoms with E-state index in [4.69, 9.17) is 0 Å². The Labute approximate surface area is 113 Å². The van der Waals surface area contributed by atoms with Gasteiger partial charge in [0.1, 0.15) is 0 Å². The van der Waals surface area contributed by atoms with Crippen LogP contribution in [0, 0.1) is 0 Å². The maximum atomic E-state index is 3.64. The molecule has 0 aromatic heterocycles. The molecule has 1 saturated carbocycles. The second kappa shape index (κ2) is 7.31. The first-order chi connectivity index (χ1) is 7.36. The SMILES string of the molecule is Brc1ccccc1CCNC1CCCC1.Cl. The Morgan fingerprint density at radius 1 is 1.19 bits per heavy atom. The van der Waals surface area contributed by atoms with Crippen molar-refractivity contribution in [2.45, 2.75) is 38.1 Å². The highest BCUT2D eigenvalue weighted by atomic mass is 79.9. The van der Waals surface area contributed by atoms with E-state index in [9.17, 15) is 0 Å². The first-order valence-corrected chi connectivity index (χ1v) is 6.62. The monoisotopic (exact) mass is 303 g/mol. The van der Waals surface area contributed by atoms with Crippen LogP contribution in [0.15, 0.2) is 28.7 Å². The van der Waals surface area contributed by atoms with Gasteiger partial charge in [0, 0.05) is 10.5 Å². The topological polar surface area (TPSA) is 12.0 Å². The minimum Gasteiger partial charge on any atom is -0.314 e. The first-order valence-electron chi connectivity index (χ1n) is 5.83. The van der Waals surface area contributed by atoms with Crippen molar-refractivity contribution in [3.8, 4) is 0 Å². The second-order valence-electron chi connectivity index (χ2n) is 4.28. The van der Waals surface area contributed by atoms with Gasteiger partial charge in [0.2, 0.25) is 0 Å². The second-order valence-corrected chi connectivity index (χ2v) is 5.13. The Kier molecular flexibility index (Phi) is 6.40. The fraction of sp³-hybridized carbons (Fsp3) is 0.538. The van der Waals surface area contributed by atoms with Crippen molar-refractivity contribution < 1.29 is 0 Å². The molecule has 1 N–H and O–H groups in total. The number of hydrogen-bond donors (Lipinski definition) is 1. The Morgan fingerprint density at radius 3 is 2.56 bits per heavy atom. The normalized spacial score (nSPS) is 16.1. The van der Waals surface area contributed by atoms with Crippen LogP contribution in [-0.4, -0.2) is 12.6 Å². The van der Waals surface area contributed by atoms with Gasteiger partial charge >= 0.3 is 0 Å². The largest absolute Gasteiger partial charge is 0.314 e. The number of nitrogens with one attached hydrogen (secondary N) is 1. The molecule has 0 unspecified atom stereocenters. The minimum absolute atomic E-state index is 0. The van der Waals surface area contributed by atoms with Crippen LogP contribution in [0.3, 0.4) is 0 Å². The van der Waals surface area contributed by atoms with Gasteiger partial charge in [-0.15, -0.1) is 12.4 Å². The lowest BCUT2D eigenvalue weighted by atomic mass is 10.1. The molecule has 1 aromatic carbocycles. The van der Waals surface area contributed by atoms with Crippen molar-refractivity contribution >= 4 is 28.3 Å². The quantitative estimate of drug-likeness (QED) is 0.888. The van der Waals surface area contributed by atoms with E-state index in [1.807, 2.05) is 0 Å². The van der Waals surface area contributed by atoms with E-state index in [1.165, 1.54) is 35.7 Å². The maximum Gasteiger partial charge on any atom is 0.0207 e. The Bertz CT molecular complexity index is 311. The summed E-state index contributed by atoms with van der Waals surface area (Å²) in [4.78, 5) is 0. The van der Waals surface area contributed by atoms with Gasteiger partial charge in [-0.25, -0.2) is 0 Å². The first kappa shape index (κ1) is 14.0. The molecule has 0 spiro atoms. The zero-order chi connectivity index (χ0) is 10.5. The number of rotatable bonds is 4. The molecule has 0 aliphatic heterocycles.